The van der Waals surface area contributed by atoms with Crippen molar-refractivity contribution < 1.29 is 14.6 Å². The monoisotopic (exact) mass is 410 g/mol. The zero-order valence-electron chi connectivity index (χ0n) is 13.1. The van der Waals surface area contributed by atoms with Crippen LogP contribution in [0, 0.1) is 13.8 Å². The summed E-state index contributed by atoms with van der Waals surface area (Å²) < 4.78 is 6.32. The Kier molecular flexibility index (Phi) is 6.23. The average molecular weight is 412 g/mol. The van der Waals surface area contributed by atoms with Crippen LogP contribution in [-0.4, -0.2) is 23.8 Å². The van der Waals surface area contributed by atoms with Crippen molar-refractivity contribution in [2.75, 3.05) is 6.61 Å². The normalized spacial score (nSPS) is 10.8. The van der Waals surface area contributed by atoms with Crippen LogP contribution in [0.25, 0.3) is 0 Å². The number of phenols is 1. The van der Waals surface area contributed by atoms with Crippen LogP contribution >= 0.6 is 27.5 Å². The summed E-state index contributed by atoms with van der Waals surface area (Å²) in [5, 5.41) is 13.9. The molecule has 0 aromatic heterocycles. The van der Waals surface area contributed by atoms with E-state index in [0.717, 1.165) is 15.6 Å². The molecule has 0 radical (unpaired) electrons. The van der Waals surface area contributed by atoms with Crippen molar-refractivity contribution in [2.24, 2.45) is 5.10 Å². The zero-order valence-corrected chi connectivity index (χ0v) is 15.5. The molecule has 1 amide bonds. The molecule has 0 saturated carbocycles. The van der Waals surface area contributed by atoms with Crippen LogP contribution in [0.4, 0.5) is 0 Å². The van der Waals surface area contributed by atoms with Gasteiger partial charge in [-0.3, -0.25) is 4.79 Å². The van der Waals surface area contributed by atoms with Gasteiger partial charge in [-0.2, -0.15) is 5.10 Å². The average Bonchev–Trinajstić information content (AvgIpc) is 2.49. The molecule has 0 bridgehead atoms. The number of hydrogen-bond donors (Lipinski definition) is 2. The van der Waals surface area contributed by atoms with Crippen LogP contribution in [0.15, 0.2) is 39.9 Å². The molecule has 24 heavy (non-hydrogen) atoms. The summed E-state index contributed by atoms with van der Waals surface area (Å²) in [7, 11) is 0. The molecule has 7 heteroatoms. The van der Waals surface area contributed by atoms with Crippen LogP contribution in [0.2, 0.25) is 5.02 Å². The molecule has 0 unspecified atom stereocenters. The van der Waals surface area contributed by atoms with Gasteiger partial charge in [0, 0.05) is 10.6 Å². The highest BCUT2D eigenvalue weighted by molar-refractivity contribution is 9.10. The standard InChI is InChI=1S/C17H16BrClN2O3/c1-10-5-11(2)17(14(18)6-10)24-9-16(23)21-20-8-12-7-13(19)3-4-15(12)22/h3-8,22H,9H2,1-2H3,(H,21,23). The molecule has 0 spiro atoms. The second-order valence-electron chi connectivity index (χ2n) is 5.18. The van der Waals surface area contributed by atoms with Gasteiger partial charge in [0.05, 0.1) is 10.7 Å². The van der Waals surface area contributed by atoms with Crippen LogP contribution in [0.5, 0.6) is 11.5 Å². The van der Waals surface area contributed by atoms with Crippen LogP contribution in [0.3, 0.4) is 0 Å². The van der Waals surface area contributed by atoms with Crippen LogP contribution in [0.1, 0.15) is 16.7 Å². The Morgan fingerprint density at radius 1 is 1.38 bits per heavy atom. The lowest BCUT2D eigenvalue weighted by Gasteiger charge is -2.11. The fraction of sp³-hybridized carbons (Fsp3) is 0.176. The molecule has 0 heterocycles. The second-order valence-corrected chi connectivity index (χ2v) is 6.47. The number of aromatic hydroxyl groups is 1. The Bertz CT molecular complexity index is 770. The molecule has 126 valence electrons. The van der Waals surface area contributed by atoms with E-state index in [0.29, 0.717) is 16.3 Å². The van der Waals surface area contributed by atoms with Gasteiger partial charge in [0.2, 0.25) is 0 Å². The number of halogens is 2. The molecule has 0 aliphatic rings. The van der Waals surface area contributed by atoms with Gasteiger partial charge < -0.3 is 9.84 Å². The number of hydrazone groups is 1. The Morgan fingerprint density at radius 3 is 2.83 bits per heavy atom. The molecule has 2 aromatic carbocycles. The molecule has 0 aliphatic carbocycles. The summed E-state index contributed by atoms with van der Waals surface area (Å²) in [6.07, 6.45) is 1.31. The summed E-state index contributed by atoms with van der Waals surface area (Å²) in [6, 6.07) is 8.43. The number of hydrogen-bond acceptors (Lipinski definition) is 4. The van der Waals surface area contributed by atoms with Gasteiger partial charge in [-0.1, -0.05) is 17.7 Å². The predicted molar refractivity (Wildman–Crippen MR) is 98.0 cm³/mol. The quantitative estimate of drug-likeness (QED) is 0.578. The third kappa shape index (κ3) is 4.97. The third-order valence-electron chi connectivity index (χ3n) is 3.10. The minimum Gasteiger partial charge on any atom is -0.507 e. The van der Waals surface area contributed by atoms with Gasteiger partial charge in [-0.05, 0) is 65.2 Å². The lowest BCUT2D eigenvalue weighted by Crippen LogP contribution is -2.24. The van der Waals surface area contributed by atoms with E-state index in [9.17, 15) is 9.90 Å². The highest BCUT2D eigenvalue weighted by Crippen LogP contribution is 2.30. The largest absolute Gasteiger partial charge is 0.507 e. The number of nitrogens with one attached hydrogen (secondary N) is 1. The highest BCUT2D eigenvalue weighted by Gasteiger charge is 2.09. The van der Waals surface area contributed by atoms with E-state index >= 15 is 0 Å². The number of carbonyl (C=O) groups is 1. The Morgan fingerprint density at radius 2 is 2.12 bits per heavy atom. The fourth-order valence-corrected chi connectivity index (χ4v) is 3.03. The van der Waals surface area contributed by atoms with Gasteiger partial charge in [0.25, 0.3) is 5.91 Å². The molecule has 0 saturated heterocycles. The first kappa shape index (κ1) is 18.3. The smallest absolute Gasteiger partial charge is 0.277 e. The molecule has 0 fully saturated rings. The number of benzene rings is 2. The predicted octanol–water partition coefficient (Wildman–Crippen LogP) is 3.95. The Hall–Kier alpha value is -2.05. The molecule has 2 N–H and O–H groups in total. The van der Waals surface area contributed by atoms with E-state index in [1.165, 1.54) is 18.3 Å². The number of amides is 1. The van der Waals surface area contributed by atoms with Crippen molar-refractivity contribution in [3.63, 3.8) is 0 Å². The van der Waals surface area contributed by atoms with E-state index < -0.39 is 5.91 Å². The molecule has 5 nitrogen and oxygen atoms in total. The number of aryl methyl sites for hydroxylation is 2. The first-order valence-corrected chi connectivity index (χ1v) is 8.24. The maximum atomic E-state index is 11.8. The van der Waals surface area contributed by atoms with Gasteiger partial charge in [-0.25, -0.2) is 5.43 Å². The number of phenolic OH excluding ortho intramolecular Hbond substituents is 1. The van der Waals surface area contributed by atoms with E-state index in [2.05, 4.69) is 26.5 Å². The lowest BCUT2D eigenvalue weighted by molar-refractivity contribution is -0.123. The minimum absolute atomic E-state index is 0.0212. The van der Waals surface area contributed by atoms with Gasteiger partial charge in [-0.15, -0.1) is 0 Å². The molecular weight excluding hydrogens is 396 g/mol. The fourth-order valence-electron chi connectivity index (χ4n) is 2.06. The van der Waals surface area contributed by atoms with Crippen molar-refractivity contribution >= 4 is 39.7 Å². The summed E-state index contributed by atoms with van der Waals surface area (Å²) >= 11 is 9.25. The molecule has 2 rings (SSSR count). The van der Waals surface area contributed by atoms with E-state index in [1.807, 2.05) is 26.0 Å². The number of nitrogens with zero attached hydrogens (tertiary/aromatic N) is 1. The van der Waals surface area contributed by atoms with Crippen molar-refractivity contribution in [2.45, 2.75) is 13.8 Å². The summed E-state index contributed by atoms with van der Waals surface area (Å²) in [4.78, 5) is 11.8. The highest BCUT2D eigenvalue weighted by atomic mass is 79.9. The van der Waals surface area contributed by atoms with E-state index in [4.69, 9.17) is 16.3 Å². The summed E-state index contributed by atoms with van der Waals surface area (Å²) in [5.74, 6) is 0.222. The van der Waals surface area contributed by atoms with E-state index in [-0.39, 0.29) is 12.4 Å². The van der Waals surface area contributed by atoms with Crippen molar-refractivity contribution in [1.82, 2.24) is 5.43 Å². The van der Waals surface area contributed by atoms with Crippen LogP contribution in [-0.2, 0) is 4.79 Å². The van der Waals surface area contributed by atoms with Gasteiger partial charge in [0.15, 0.2) is 6.61 Å². The van der Waals surface area contributed by atoms with Gasteiger partial charge >= 0.3 is 0 Å². The van der Waals surface area contributed by atoms with Crippen molar-refractivity contribution in [3.8, 4) is 11.5 Å². The number of carbonyl (C=O) groups excluding carboxylic acids is 1. The summed E-state index contributed by atoms with van der Waals surface area (Å²) in [5.41, 5.74) is 4.77. The lowest BCUT2D eigenvalue weighted by atomic mass is 10.1. The second kappa shape index (κ2) is 8.17. The maximum Gasteiger partial charge on any atom is 0.277 e. The van der Waals surface area contributed by atoms with E-state index in [1.54, 1.807) is 6.07 Å². The maximum absolute atomic E-state index is 11.8. The van der Waals surface area contributed by atoms with Crippen molar-refractivity contribution in [3.05, 3.63) is 56.5 Å². The topological polar surface area (TPSA) is 70.9 Å². The SMILES string of the molecule is Cc1cc(C)c(OCC(=O)NN=Cc2cc(Cl)ccc2O)c(Br)c1. The Balaban J connectivity index is 1.92. The van der Waals surface area contributed by atoms with Gasteiger partial charge in [0.1, 0.15) is 11.5 Å². The first-order valence-electron chi connectivity index (χ1n) is 7.07. The molecule has 0 atom stereocenters. The molecule has 0 aliphatic heterocycles. The first-order chi connectivity index (χ1) is 11.4. The summed E-state index contributed by atoms with van der Waals surface area (Å²) in [6.45, 7) is 3.71. The zero-order chi connectivity index (χ0) is 17.7. The molecule has 2 aromatic rings. The van der Waals surface area contributed by atoms with Crippen molar-refractivity contribution in [1.29, 1.82) is 0 Å². The molecular formula is C17H16BrClN2O3. The van der Waals surface area contributed by atoms with Crippen LogP contribution < -0.4 is 10.2 Å². The third-order valence-corrected chi connectivity index (χ3v) is 3.93. The minimum atomic E-state index is -0.417. The Labute approximate surface area is 153 Å². The number of rotatable bonds is 5. The number of ether oxygens (including phenoxy) is 1.